The number of hydrogen-bond acceptors (Lipinski definition) is 3. The molecule has 1 saturated carbocycles. The first-order valence-electron chi connectivity index (χ1n) is 7.96. The number of nitrogens with zero attached hydrogens (tertiary/aromatic N) is 2. The minimum absolute atomic E-state index is 0.0545. The van der Waals surface area contributed by atoms with Crippen LogP contribution in [0.4, 0.5) is 0 Å². The van der Waals surface area contributed by atoms with Crippen LogP contribution in [0.25, 0.3) is 10.9 Å². The fourth-order valence-corrected chi connectivity index (χ4v) is 3.19. The number of para-hydroxylation sites is 1. The van der Waals surface area contributed by atoms with E-state index in [1.54, 1.807) is 11.0 Å². The van der Waals surface area contributed by atoms with Gasteiger partial charge >= 0.3 is 0 Å². The van der Waals surface area contributed by atoms with Crippen molar-refractivity contribution in [2.75, 3.05) is 7.05 Å². The van der Waals surface area contributed by atoms with Crippen molar-refractivity contribution >= 4 is 29.0 Å². The summed E-state index contributed by atoms with van der Waals surface area (Å²) in [4.78, 5) is 29.7. The average molecular weight is 331 g/mol. The van der Waals surface area contributed by atoms with Crippen molar-refractivity contribution in [3.63, 3.8) is 0 Å². The SMILES string of the molecule is CC(C1CC1)N(C)C(=O)CCn1c(=S)[nH]c2ccccc2c1=O. The summed E-state index contributed by atoms with van der Waals surface area (Å²) in [6.45, 7) is 2.39. The number of nitrogens with one attached hydrogen (secondary N) is 1. The van der Waals surface area contributed by atoms with Gasteiger partial charge in [0.25, 0.3) is 5.56 Å². The predicted octanol–water partition coefficient (Wildman–Crippen LogP) is 2.71. The number of aromatic nitrogens is 2. The van der Waals surface area contributed by atoms with E-state index in [9.17, 15) is 9.59 Å². The lowest BCUT2D eigenvalue weighted by Gasteiger charge is -2.25. The van der Waals surface area contributed by atoms with Gasteiger partial charge in [0.1, 0.15) is 0 Å². The molecule has 3 rings (SSSR count). The molecular formula is C17H21N3O2S. The number of fused-ring (bicyclic) bond motifs is 1. The van der Waals surface area contributed by atoms with E-state index < -0.39 is 0 Å². The van der Waals surface area contributed by atoms with Crippen molar-refractivity contribution in [1.82, 2.24) is 14.5 Å². The Morgan fingerprint density at radius 1 is 1.43 bits per heavy atom. The van der Waals surface area contributed by atoms with Crippen molar-refractivity contribution in [2.24, 2.45) is 5.92 Å². The summed E-state index contributed by atoms with van der Waals surface area (Å²) >= 11 is 5.27. The number of carbonyl (C=O) groups excluding carboxylic acids is 1. The molecule has 23 heavy (non-hydrogen) atoms. The molecule has 1 unspecified atom stereocenters. The number of carbonyl (C=O) groups is 1. The molecule has 0 spiro atoms. The summed E-state index contributed by atoms with van der Waals surface area (Å²) in [6, 6.07) is 7.54. The second kappa shape index (κ2) is 6.28. The molecule has 122 valence electrons. The van der Waals surface area contributed by atoms with Crippen LogP contribution in [0.3, 0.4) is 0 Å². The number of hydrogen-bond donors (Lipinski definition) is 1. The summed E-state index contributed by atoms with van der Waals surface area (Å²) < 4.78 is 1.84. The minimum Gasteiger partial charge on any atom is -0.343 e. The fourth-order valence-electron chi connectivity index (χ4n) is 2.91. The predicted molar refractivity (Wildman–Crippen MR) is 93.0 cm³/mol. The van der Waals surface area contributed by atoms with Crippen LogP contribution in [0.2, 0.25) is 0 Å². The van der Waals surface area contributed by atoms with Gasteiger partial charge in [0.2, 0.25) is 5.91 Å². The number of benzene rings is 1. The highest BCUT2D eigenvalue weighted by molar-refractivity contribution is 7.71. The Hall–Kier alpha value is -1.95. The van der Waals surface area contributed by atoms with Gasteiger partial charge in [-0.25, -0.2) is 0 Å². The Morgan fingerprint density at radius 2 is 2.13 bits per heavy atom. The van der Waals surface area contributed by atoms with Gasteiger partial charge in [0.05, 0.1) is 10.9 Å². The van der Waals surface area contributed by atoms with Crippen molar-refractivity contribution in [1.29, 1.82) is 0 Å². The molecule has 1 aromatic carbocycles. The molecule has 1 atom stereocenters. The Balaban J connectivity index is 1.78. The first-order chi connectivity index (χ1) is 11.0. The number of rotatable bonds is 5. The lowest BCUT2D eigenvalue weighted by atomic mass is 10.2. The zero-order valence-corrected chi connectivity index (χ0v) is 14.2. The van der Waals surface area contributed by atoms with E-state index in [-0.39, 0.29) is 23.9 Å². The van der Waals surface area contributed by atoms with Crippen LogP contribution in [0.5, 0.6) is 0 Å². The zero-order chi connectivity index (χ0) is 16.6. The van der Waals surface area contributed by atoms with Crippen LogP contribution >= 0.6 is 12.2 Å². The summed E-state index contributed by atoms with van der Waals surface area (Å²) in [5, 5.41) is 0.591. The molecule has 1 amide bonds. The van der Waals surface area contributed by atoms with Gasteiger partial charge in [0, 0.05) is 26.1 Å². The maximum atomic E-state index is 12.5. The van der Waals surface area contributed by atoms with E-state index in [0.29, 0.717) is 22.6 Å². The van der Waals surface area contributed by atoms with E-state index in [1.165, 1.54) is 17.4 Å². The van der Waals surface area contributed by atoms with Crippen molar-refractivity contribution < 1.29 is 4.79 Å². The summed E-state index contributed by atoms with van der Waals surface area (Å²) in [5.74, 6) is 0.689. The lowest BCUT2D eigenvalue weighted by Crippen LogP contribution is -2.37. The minimum atomic E-state index is -0.143. The van der Waals surface area contributed by atoms with Crippen LogP contribution in [0.1, 0.15) is 26.2 Å². The van der Waals surface area contributed by atoms with Crippen LogP contribution < -0.4 is 5.56 Å². The number of aromatic amines is 1. The molecule has 0 radical (unpaired) electrons. The highest BCUT2D eigenvalue weighted by Gasteiger charge is 2.32. The summed E-state index contributed by atoms with van der Waals surface area (Å²) in [7, 11) is 1.84. The molecule has 1 fully saturated rings. The molecule has 5 nitrogen and oxygen atoms in total. The van der Waals surface area contributed by atoms with Gasteiger partial charge in [-0.15, -0.1) is 0 Å². The van der Waals surface area contributed by atoms with Crippen LogP contribution in [-0.2, 0) is 11.3 Å². The van der Waals surface area contributed by atoms with Gasteiger partial charge < -0.3 is 9.88 Å². The first kappa shape index (κ1) is 15.9. The maximum Gasteiger partial charge on any atom is 0.262 e. The standard InChI is InChI=1S/C17H21N3O2S/c1-11(12-7-8-12)19(2)15(21)9-10-20-16(22)13-5-3-4-6-14(13)18-17(20)23/h3-6,11-12H,7-10H2,1-2H3,(H,18,23). The molecule has 1 heterocycles. The van der Waals surface area contributed by atoms with Crippen LogP contribution in [0, 0.1) is 10.7 Å². The largest absolute Gasteiger partial charge is 0.343 e. The smallest absolute Gasteiger partial charge is 0.262 e. The van der Waals surface area contributed by atoms with Crippen molar-refractivity contribution in [2.45, 2.75) is 38.8 Å². The topological polar surface area (TPSA) is 58.1 Å². The van der Waals surface area contributed by atoms with Crippen molar-refractivity contribution in [3.05, 3.63) is 39.4 Å². The van der Waals surface area contributed by atoms with Crippen LogP contribution in [-0.4, -0.2) is 33.4 Å². The Kier molecular flexibility index (Phi) is 4.35. The Labute approximate surface area is 139 Å². The molecular weight excluding hydrogens is 310 g/mol. The monoisotopic (exact) mass is 331 g/mol. The second-order valence-electron chi connectivity index (χ2n) is 6.27. The number of H-pyrrole nitrogens is 1. The summed E-state index contributed by atoms with van der Waals surface area (Å²) in [5.41, 5.74) is 0.583. The van der Waals surface area contributed by atoms with E-state index >= 15 is 0 Å². The maximum absolute atomic E-state index is 12.5. The molecule has 0 bridgehead atoms. The van der Waals surface area contributed by atoms with Gasteiger partial charge in [-0.05, 0) is 50.0 Å². The van der Waals surface area contributed by atoms with Gasteiger partial charge in [0.15, 0.2) is 4.77 Å². The highest BCUT2D eigenvalue weighted by Crippen LogP contribution is 2.34. The van der Waals surface area contributed by atoms with E-state index in [1.807, 2.05) is 25.2 Å². The van der Waals surface area contributed by atoms with E-state index in [0.717, 1.165) is 5.52 Å². The third-order valence-corrected chi connectivity index (χ3v) is 5.07. The van der Waals surface area contributed by atoms with Crippen LogP contribution in [0.15, 0.2) is 29.1 Å². The third-order valence-electron chi connectivity index (χ3n) is 4.75. The van der Waals surface area contributed by atoms with E-state index in [2.05, 4.69) is 11.9 Å². The molecule has 1 aromatic heterocycles. The number of amides is 1. The summed E-state index contributed by atoms with van der Waals surface area (Å²) in [6.07, 6.45) is 2.69. The van der Waals surface area contributed by atoms with Gasteiger partial charge in [-0.3, -0.25) is 14.2 Å². The van der Waals surface area contributed by atoms with Gasteiger partial charge in [-0.1, -0.05) is 12.1 Å². The normalized spacial score (nSPS) is 15.6. The molecule has 6 heteroatoms. The third kappa shape index (κ3) is 3.22. The second-order valence-corrected chi connectivity index (χ2v) is 6.65. The first-order valence-corrected chi connectivity index (χ1v) is 8.37. The quantitative estimate of drug-likeness (QED) is 0.857. The molecule has 0 aliphatic heterocycles. The Morgan fingerprint density at radius 3 is 2.83 bits per heavy atom. The molecule has 1 aliphatic rings. The molecule has 2 aromatic rings. The highest BCUT2D eigenvalue weighted by atomic mass is 32.1. The van der Waals surface area contributed by atoms with E-state index in [4.69, 9.17) is 12.2 Å². The molecule has 1 N–H and O–H groups in total. The lowest BCUT2D eigenvalue weighted by molar-refractivity contribution is -0.132. The zero-order valence-electron chi connectivity index (χ0n) is 13.4. The molecule has 0 saturated heterocycles. The van der Waals surface area contributed by atoms with Gasteiger partial charge in [-0.2, -0.15) is 0 Å². The average Bonchev–Trinajstić information content (AvgIpc) is 3.38. The fraction of sp³-hybridized carbons (Fsp3) is 0.471. The molecule has 1 aliphatic carbocycles. The van der Waals surface area contributed by atoms with Crippen molar-refractivity contribution in [3.8, 4) is 0 Å². The Bertz CT molecular complexity index is 851.